The lowest BCUT2D eigenvalue weighted by molar-refractivity contribution is -0.422. The normalized spacial score (nSPS) is 10.5. The van der Waals surface area contributed by atoms with E-state index in [0.717, 1.165) is 44.1 Å². The lowest BCUT2D eigenvalue weighted by atomic mass is 10.0. The number of hydrogen-bond donors (Lipinski definition) is 1. The average Bonchev–Trinajstić information content (AvgIpc) is 2.46. The minimum atomic E-state index is -0.733. The quantitative estimate of drug-likeness (QED) is 0.404. The smallest absolute Gasteiger partial charge is 0.346 e. The van der Waals surface area contributed by atoms with Gasteiger partial charge in [-0.3, -0.25) is 20.2 Å². The van der Waals surface area contributed by atoms with Crippen LogP contribution in [0.25, 0.3) is 0 Å². The van der Waals surface area contributed by atoms with Gasteiger partial charge in [-0.05, 0) is 24.8 Å². The van der Waals surface area contributed by atoms with Crippen LogP contribution < -0.4 is 0 Å². The van der Waals surface area contributed by atoms with Crippen LogP contribution in [0.2, 0.25) is 0 Å². The van der Waals surface area contributed by atoms with E-state index >= 15 is 0 Å². The molecule has 21 heavy (non-hydrogen) atoms. The van der Waals surface area contributed by atoms with E-state index < -0.39 is 21.2 Å². The van der Waals surface area contributed by atoms with Gasteiger partial charge in [0.1, 0.15) is 0 Å². The molecule has 0 unspecified atom stereocenters. The molecule has 0 amide bonds. The summed E-state index contributed by atoms with van der Waals surface area (Å²) in [6, 6.07) is 4.08. The van der Waals surface area contributed by atoms with Crippen molar-refractivity contribution >= 4 is 11.4 Å². The summed E-state index contributed by atoms with van der Waals surface area (Å²) in [5.74, 6) is 0. The van der Waals surface area contributed by atoms with Crippen LogP contribution in [-0.2, 0) is 6.42 Å². The molecule has 1 rings (SSSR count). The molecule has 0 aliphatic heterocycles. The highest BCUT2D eigenvalue weighted by molar-refractivity contribution is 5.54. The van der Waals surface area contributed by atoms with Gasteiger partial charge in [0.2, 0.25) is 0 Å². The van der Waals surface area contributed by atoms with Crippen LogP contribution in [0.4, 0.5) is 11.4 Å². The summed E-state index contributed by atoms with van der Waals surface area (Å²) < 4.78 is 0. The second-order valence-electron chi connectivity index (χ2n) is 4.93. The van der Waals surface area contributed by atoms with Gasteiger partial charge in [0, 0.05) is 18.7 Å². The largest absolute Gasteiger partial charge is 0.396 e. The molecule has 1 aromatic rings. The first kappa shape index (κ1) is 17.0. The molecule has 0 fully saturated rings. The fourth-order valence-electron chi connectivity index (χ4n) is 2.17. The highest BCUT2D eigenvalue weighted by Crippen LogP contribution is 2.28. The monoisotopic (exact) mass is 296 g/mol. The lowest BCUT2D eigenvalue weighted by Crippen LogP contribution is -1.98. The SMILES string of the molecule is O=[N+]([O-])c1ccc(CCCCCCCCO)cc1[N+](=O)[O-]. The van der Waals surface area contributed by atoms with E-state index in [9.17, 15) is 20.2 Å². The highest BCUT2D eigenvalue weighted by Gasteiger charge is 2.23. The van der Waals surface area contributed by atoms with E-state index in [-0.39, 0.29) is 6.61 Å². The Labute approximate surface area is 122 Å². The molecule has 0 aliphatic rings. The molecule has 7 heteroatoms. The number of unbranched alkanes of at least 4 members (excludes halogenated alkanes) is 5. The van der Waals surface area contributed by atoms with Crippen molar-refractivity contribution in [2.75, 3.05) is 6.61 Å². The maximum atomic E-state index is 10.8. The van der Waals surface area contributed by atoms with Gasteiger partial charge in [0.15, 0.2) is 0 Å². The Morgan fingerprint density at radius 3 is 2.00 bits per heavy atom. The molecule has 0 saturated carbocycles. The third kappa shape index (κ3) is 5.86. The zero-order chi connectivity index (χ0) is 15.7. The van der Waals surface area contributed by atoms with Crippen molar-refractivity contribution in [3.8, 4) is 0 Å². The van der Waals surface area contributed by atoms with E-state index in [0.29, 0.717) is 6.42 Å². The summed E-state index contributed by atoms with van der Waals surface area (Å²) in [4.78, 5) is 20.1. The van der Waals surface area contributed by atoms with E-state index in [1.807, 2.05) is 0 Å². The Kier molecular flexibility index (Phi) is 7.31. The number of nitro benzene ring substituents is 2. The maximum absolute atomic E-state index is 10.8. The molecular weight excluding hydrogens is 276 g/mol. The van der Waals surface area contributed by atoms with Crippen LogP contribution in [0.15, 0.2) is 18.2 Å². The molecule has 0 radical (unpaired) electrons. The zero-order valence-electron chi connectivity index (χ0n) is 11.9. The number of hydrogen-bond acceptors (Lipinski definition) is 5. The standard InChI is InChI=1S/C14H20N2O5/c17-10-6-4-2-1-3-5-7-12-8-9-13(15(18)19)14(11-12)16(20)21/h8-9,11,17H,1-7,10H2. The van der Waals surface area contributed by atoms with Crippen molar-refractivity contribution in [3.63, 3.8) is 0 Å². The van der Waals surface area contributed by atoms with Crippen molar-refractivity contribution in [1.29, 1.82) is 0 Å². The summed E-state index contributed by atoms with van der Waals surface area (Å²) in [6.45, 7) is 0.229. The summed E-state index contributed by atoms with van der Waals surface area (Å²) in [6.07, 6.45) is 6.56. The molecule has 0 spiro atoms. The summed E-state index contributed by atoms with van der Waals surface area (Å²) in [7, 11) is 0. The van der Waals surface area contributed by atoms with Crippen LogP contribution >= 0.6 is 0 Å². The number of aliphatic hydroxyl groups excluding tert-OH is 1. The molecule has 0 heterocycles. The minimum absolute atomic E-state index is 0.229. The van der Waals surface area contributed by atoms with E-state index in [4.69, 9.17) is 5.11 Å². The fourth-order valence-corrected chi connectivity index (χ4v) is 2.17. The number of nitrogens with zero attached hydrogens (tertiary/aromatic N) is 2. The molecule has 7 nitrogen and oxygen atoms in total. The first-order valence-corrected chi connectivity index (χ1v) is 7.09. The van der Waals surface area contributed by atoms with E-state index in [2.05, 4.69) is 0 Å². The van der Waals surface area contributed by atoms with Crippen molar-refractivity contribution < 1.29 is 15.0 Å². The molecule has 0 saturated heterocycles. The van der Waals surface area contributed by atoms with Crippen molar-refractivity contribution in [3.05, 3.63) is 44.0 Å². The highest BCUT2D eigenvalue weighted by atomic mass is 16.6. The van der Waals surface area contributed by atoms with Gasteiger partial charge in [-0.25, -0.2) is 0 Å². The Hall–Kier alpha value is -2.02. The summed E-state index contributed by atoms with van der Waals surface area (Å²) >= 11 is 0. The van der Waals surface area contributed by atoms with E-state index in [1.165, 1.54) is 12.1 Å². The third-order valence-corrected chi connectivity index (χ3v) is 3.31. The van der Waals surface area contributed by atoms with Gasteiger partial charge in [0.05, 0.1) is 9.85 Å². The number of aliphatic hydroxyl groups is 1. The van der Waals surface area contributed by atoms with Gasteiger partial charge in [0.25, 0.3) is 0 Å². The minimum Gasteiger partial charge on any atom is -0.396 e. The first-order valence-electron chi connectivity index (χ1n) is 7.09. The van der Waals surface area contributed by atoms with Gasteiger partial charge in [-0.1, -0.05) is 31.7 Å². The molecule has 0 bridgehead atoms. The van der Waals surface area contributed by atoms with Crippen LogP contribution in [-0.4, -0.2) is 21.6 Å². The molecule has 1 N–H and O–H groups in total. The number of nitro groups is 2. The molecule has 0 atom stereocenters. The Morgan fingerprint density at radius 1 is 0.857 bits per heavy atom. The van der Waals surface area contributed by atoms with Crippen LogP contribution in [0.1, 0.15) is 44.1 Å². The lowest BCUT2D eigenvalue weighted by Gasteiger charge is -2.03. The van der Waals surface area contributed by atoms with Gasteiger partial charge >= 0.3 is 11.4 Å². The average molecular weight is 296 g/mol. The molecule has 116 valence electrons. The number of benzene rings is 1. The predicted molar refractivity (Wildman–Crippen MR) is 78.2 cm³/mol. The Morgan fingerprint density at radius 2 is 1.43 bits per heavy atom. The summed E-state index contributed by atoms with van der Waals surface area (Å²) in [5, 5.41) is 30.2. The van der Waals surface area contributed by atoms with Gasteiger partial charge in [-0.2, -0.15) is 0 Å². The Bertz CT molecular complexity index is 490. The molecule has 1 aromatic carbocycles. The second-order valence-corrected chi connectivity index (χ2v) is 4.93. The van der Waals surface area contributed by atoms with Crippen LogP contribution in [0, 0.1) is 20.2 Å². The fraction of sp³-hybridized carbons (Fsp3) is 0.571. The van der Waals surface area contributed by atoms with Crippen molar-refractivity contribution in [1.82, 2.24) is 0 Å². The third-order valence-electron chi connectivity index (χ3n) is 3.31. The van der Waals surface area contributed by atoms with Crippen molar-refractivity contribution in [2.24, 2.45) is 0 Å². The second kappa shape index (κ2) is 9.02. The van der Waals surface area contributed by atoms with E-state index in [1.54, 1.807) is 6.07 Å². The topological polar surface area (TPSA) is 107 Å². The first-order chi connectivity index (χ1) is 10.1. The summed E-state index contributed by atoms with van der Waals surface area (Å²) in [5.41, 5.74) is -0.157. The molecule has 0 aliphatic carbocycles. The molecular formula is C14H20N2O5. The Balaban J connectivity index is 2.47. The number of rotatable bonds is 10. The molecule has 0 aromatic heterocycles. The van der Waals surface area contributed by atoms with Gasteiger partial charge in [-0.15, -0.1) is 0 Å². The van der Waals surface area contributed by atoms with Crippen molar-refractivity contribution in [2.45, 2.75) is 44.9 Å². The van der Waals surface area contributed by atoms with Crippen LogP contribution in [0.5, 0.6) is 0 Å². The predicted octanol–water partition coefficient (Wildman–Crippen LogP) is 3.38. The van der Waals surface area contributed by atoms with Gasteiger partial charge < -0.3 is 5.11 Å². The maximum Gasteiger partial charge on any atom is 0.346 e. The van der Waals surface area contributed by atoms with Crippen LogP contribution in [0.3, 0.4) is 0 Å². The zero-order valence-corrected chi connectivity index (χ0v) is 11.9. The number of aryl methyl sites for hydroxylation is 1.